The minimum atomic E-state index is -3.21. The predicted molar refractivity (Wildman–Crippen MR) is 156 cm³/mol. The monoisotopic (exact) mass is 569 g/mol. The lowest BCUT2D eigenvalue weighted by molar-refractivity contribution is 0.0933. The highest BCUT2D eigenvalue weighted by atomic mass is 32.2. The summed E-state index contributed by atoms with van der Waals surface area (Å²) in [5.74, 6) is 2.97. The van der Waals surface area contributed by atoms with E-state index in [2.05, 4.69) is 11.0 Å². The number of sulfonamides is 1. The Morgan fingerprint density at radius 3 is 2.30 bits per heavy atom. The molecule has 2 aromatic carbocycles. The van der Waals surface area contributed by atoms with Gasteiger partial charge in [-0.2, -0.15) is 5.26 Å². The molecule has 2 aromatic rings. The highest BCUT2D eigenvalue weighted by Gasteiger charge is 2.46. The molecule has 0 aromatic heterocycles. The summed E-state index contributed by atoms with van der Waals surface area (Å²) in [6, 6.07) is 15.4. The number of piperidine rings is 1. The number of unbranched alkanes of at least 4 members (excludes halogenated alkanes) is 1. The molecule has 4 rings (SSSR count). The molecule has 8 nitrogen and oxygen atoms in total. The maximum Gasteiger partial charge on any atom is 0.214 e. The number of methoxy groups -OCH3 is 2. The Kier molecular flexibility index (Phi) is 10.3. The molecule has 218 valence electrons. The van der Waals surface area contributed by atoms with Crippen molar-refractivity contribution in [1.82, 2.24) is 9.21 Å². The molecule has 2 aliphatic rings. The Balaban J connectivity index is 1.40. The zero-order valence-corrected chi connectivity index (χ0v) is 25.0. The summed E-state index contributed by atoms with van der Waals surface area (Å²) in [5.41, 5.74) is 1.64. The fraction of sp³-hybridized carbons (Fsp3) is 0.581. The molecule has 2 bridgehead atoms. The average Bonchev–Trinajstić information content (AvgIpc) is 3.24. The van der Waals surface area contributed by atoms with Gasteiger partial charge in [0, 0.05) is 32.2 Å². The van der Waals surface area contributed by atoms with Crippen LogP contribution in [0.2, 0.25) is 0 Å². The number of nitriles is 1. The normalized spacial score (nSPS) is 21.6. The van der Waals surface area contributed by atoms with Gasteiger partial charge in [-0.1, -0.05) is 25.5 Å². The molecule has 1 aliphatic heterocycles. The van der Waals surface area contributed by atoms with Crippen molar-refractivity contribution < 1.29 is 22.6 Å². The van der Waals surface area contributed by atoms with Crippen molar-refractivity contribution in [2.24, 2.45) is 11.8 Å². The van der Waals surface area contributed by atoms with Gasteiger partial charge >= 0.3 is 0 Å². The first-order chi connectivity index (χ1) is 19.3. The van der Waals surface area contributed by atoms with Gasteiger partial charge in [0.15, 0.2) is 11.5 Å². The van der Waals surface area contributed by atoms with Crippen LogP contribution < -0.4 is 14.2 Å². The fourth-order valence-electron chi connectivity index (χ4n) is 6.34. The maximum absolute atomic E-state index is 12.9. The first kappa shape index (κ1) is 30.2. The second-order valence-electron chi connectivity index (χ2n) is 11.0. The molecule has 1 aliphatic carbocycles. The third kappa shape index (κ3) is 7.09. The van der Waals surface area contributed by atoms with Crippen molar-refractivity contribution in [3.8, 4) is 23.3 Å². The minimum absolute atomic E-state index is 0.123. The molecule has 9 heteroatoms. The summed E-state index contributed by atoms with van der Waals surface area (Å²) in [6.45, 7) is 4.84. The summed E-state index contributed by atoms with van der Waals surface area (Å²) in [4.78, 5) is 2.51. The summed E-state index contributed by atoms with van der Waals surface area (Å²) >= 11 is 0. The molecule has 1 heterocycles. The molecule has 0 N–H and O–H groups in total. The highest BCUT2D eigenvalue weighted by Crippen LogP contribution is 2.41. The van der Waals surface area contributed by atoms with E-state index in [9.17, 15) is 13.7 Å². The van der Waals surface area contributed by atoms with Crippen LogP contribution in [0, 0.1) is 23.2 Å². The summed E-state index contributed by atoms with van der Waals surface area (Å²) in [5, 5.41) is 9.23. The standard InChI is InChI=1S/C31H43N3O5S/c1-5-6-18-40(35,36)33(2)31-25-13-14-26(31)22-34(21-25)17-7-8-28(24-11-9-23(20-32)10-12-24)39-27-15-16-29(37-3)30(19-27)38-4/h9-12,15-16,19,25-26,28,31H,5-8,13-14,17-18,21-22H2,1-4H3. The van der Waals surface area contributed by atoms with E-state index in [1.807, 2.05) is 49.4 Å². The van der Waals surface area contributed by atoms with Gasteiger partial charge in [0.1, 0.15) is 11.9 Å². The van der Waals surface area contributed by atoms with E-state index in [0.29, 0.717) is 41.1 Å². The van der Waals surface area contributed by atoms with E-state index >= 15 is 0 Å². The topological polar surface area (TPSA) is 92.1 Å². The Labute approximate surface area is 239 Å². The molecule has 3 atom stereocenters. The number of benzene rings is 2. The van der Waals surface area contributed by atoms with Crippen LogP contribution in [-0.4, -0.2) is 70.3 Å². The molecule has 1 saturated carbocycles. The van der Waals surface area contributed by atoms with Crippen LogP contribution in [0.25, 0.3) is 0 Å². The number of ether oxygens (including phenoxy) is 3. The number of likely N-dealkylation sites (tertiary alicyclic amines) is 1. The van der Waals surface area contributed by atoms with Gasteiger partial charge in [0.25, 0.3) is 0 Å². The summed E-state index contributed by atoms with van der Waals surface area (Å²) in [6.07, 6.45) is 5.35. The number of rotatable bonds is 14. The van der Waals surface area contributed by atoms with Gasteiger partial charge in [0.2, 0.25) is 10.0 Å². The summed E-state index contributed by atoms with van der Waals surface area (Å²) in [7, 11) is 1.80. The number of fused-ring (bicyclic) bond motifs is 2. The third-order valence-corrected chi connectivity index (χ3v) is 10.4. The zero-order chi connectivity index (χ0) is 28.7. The largest absolute Gasteiger partial charge is 0.493 e. The van der Waals surface area contributed by atoms with E-state index < -0.39 is 10.0 Å². The number of hydrogen-bond donors (Lipinski definition) is 0. The van der Waals surface area contributed by atoms with Crippen molar-refractivity contribution in [2.75, 3.05) is 46.7 Å². The van der Waals surface area contributed by atoms with E-state index in [0.717, 1.165) is 57.3 Å². The van der Waals surface area contributed by atoms with Crippen LogP contribution in [0.15, 0.2) is 42.5 Å². The van der Waals surface area contributed by atoms with E-state index in [-0.39, 0.29) is 17.9 Å². The molecule has 0 amide bonds. The van der Waals surface area contributed by atoms with Crippen molar-refractivity contribution in [3.05, 3.63) is 53.6 Å². The SMILES string of the molecule is CCCCS(=O)(=O)N(C)C1C2CCC1CN(CCCC(Oc1ccc(OC)c(OC)c1)c1ccc(C#N)cc1)C2. The van der Waals surface area contributed by atoms with Crippen LogP contribution in [0.1, 0.15) is 62.7 Å². The Morgan fingerprint density at radius 1 is 1.02 bits per heavy atom. The number of hydrogen-bond acceptors (Lipinski definition) is 7. The fourth-order valence-corrected chi connectivity index (χ4v) is 8.00. The van der Waals surface area contributed by atoms with Crippen molar-refractivity contribution in [2.45, 2.75) is 57.6 Å². The number of nitrogens with zero attached hydrogens (tertiary/aromatic N) is 3. The van der Waals surface area contributed by atoms with Gasteiger partial charge in [-0.15, -0.1) is 0 Å². The van der Waals surface area contributed by atoms with Crippen molar-refractivity contribution in [1.29, 1.82) is 5.26 Å². The Hall–Kier alpha value is -2.80. The minimum Gasteiger partial charge on any atom is -0.493 e. The van der Waals surface area contributed by atoms with Crippen molar-refractivity contribution in [3.63, 3.8) is 0 Å². The lowest BCUT2D eigenvalue weighted by atomic mass is 9.92. The smallest absolute Gasteiger partial charge is 0.214 e. The third-order valence-electron chi connectivity index (χ3n) is 8.46. The van der Waals surface area contributed by atoms with Crippen molar-refractivity contribution >= 4 is 10.0 Å². The van der Waals surface area contributed by atoms with E-state index in [1.54, 1.807) is 25.6 Å². The molecule has 2 fully saturated rings. The van der Waals surface area contributed by atoms with Gasteiger partial charge in [-0.25, -0.2) is 12.7 Å². The zero-order valence-electron chi connectivity index (χ0n) is 24.2. The molecule has 1 saturated heterocycles. The molecule has 0 spiro atoms. The molecular formula is C31H43N3O5S. The Morgan fingerprint density at radius 2 is 1.70 bits per heavy atom. The molecule has 40 heavy (non-hydrogen) atoms. The van der Waals surface area contributed by atoms with Gasteiger partial charge in [-0.05, 0) is 80.3 Å². The first-order valence-corrected chi connectivity index (χ1v) is 16.0. The second kappa shape index (κ2) is 13.7. The quantitative estimate of drug-likeness (QED) is 0.307. The molecular weight excluding hydrogens is 526 g/mol. The molecule has 3 unspecified atom stereocenters. The van der Waals surface area contributed by atoms with Crippen LogP contribution in [-0.2, 0) is 10.0 Å². The van der Waals surface area contributed by atoms with Gasteiger partial charge in [-0.3, -0.25) is 0 Å². The van der Waals surface area contributed by atoms with Crippen LogP contribution in [0.4, 0.5) is 0 Å². The predicted octanol–water partition coefficient (Wildman–Crippen LogP) is 5.25. The van der Waals surface area contributed by atoms with Gasteiger partial charge < -0.3 is 19.1 Å². The second-order valence-corrected chi connectivity index (χ2v) is 13.2. The van der Waals surface area contributed by atoms with E-state index in [1.165, 1.54) is 0 Å². The van der Waals surface area contributed by atoms with Crippen LogP contribution >= 0.6 is 0 Å². The maximum atomic E-state index is 12.9. The lowest BCUT2D eigenvalue weighted by Crippen LogP contribution is -2.53. The van der Waals surface area contributed by atoms with E-state index in [4.69, 9.17) is 14.2 Å². The lowest BCUT2D eigenvalue weighted by Gasteiger charge is -2.42. The first-order valence-electron chi connectivity index (χ1n) is 14.4. The Bertz CT molecular complexity index is 1250. The van der Waals surface area contributed by atoms with Gasteiger partial charge in [0.05, 0.1) is 31.6 Å². The van der Waals surface area contributed by atoms with Crippen LogP contribution in [0.5, 0.6) is 17.2 Å². The molecule has 0 radical (unpaired) electrons. The highest BCUT2D eigenvalue weighted by molar-refractivity contribution is 7.89. The summed E-state index contributed by atoms with van der Waals surface area (Å²) < 4.78 is 44.8. The van der Waals surface area contributed by atoms with Crippen LogP contribution in [0.3, 0.4) is 0 Å². The average molecular weight is 570 g/mol.